The molecule has 12 nitrogen and oxygen atoms in total. The quantitative estimate of drug-likeness (QED) is 0.271. The van der Waals surface area contributed by atoms with Gasteiger partial charge in [0, 0.05) is 12.4 Å². The zero-order valence-corrected chi connectivity index (χ0v) is 22.9. The number of benzene rings is 2. The van der Waals surface area contributed by atoms with E-state index < -0.39 is 23.8 Å². The first-order valence-electron chi connectivity index (χ1n) is 11.9. The average Bonchev–Trinajstić information content (AvgIpc) is 2.93. The molecule has 0 aliphatic rings. The number of hydrogen-bond acceptors (Lipinski definition) is 10. The Morgan fingerprint density at radius 2 is 1.62 bits per heavy atom. The normalized spacial score (nSPS) is 11.9. The molecule has 1 unspecified atom stereocenters. The van der Waals surface area contributed by atoms with Crippen LogP contribution in [0.25, 0.3) is 11.6 Å². The molecule has 2 aromatic heterocycles. The number of para-hydroxylation sites is 2. The lowest BCUT2D eigenvalue weighted by Gasteiger charge is -2.28. The molecule has 0 aliphatic carbocycles. The number of hydrogen-bond donors (Lipinski definition) is 1. The molecule has 1 N–H and O–H groups in total. The van der Waals surface area contributed by atoms with Crippen LogP contribution in [0.5, 0.6) is 23.1 Å². The van der Waals surface area contributed by atoms with Crippen molar-refractivity contribution in [2.75, 3.05) is 18.0 Å². The summed E-state index contributed by atoms with van der Waals surface area (Å²) in [4.78, 5) is 28.4. The molecule has 1 atom stereocenters. The van der Waals surface area contributed by atoms with Crippen LogP contribution in [0.2, 0.25) is 0 Å². The Balaban J connectivity index is 1.98. The number of aromatic nitrogens is 4. The highest BCUT2D eigenvalue weighted by molar-refractivity contribution is 7.81. The number of carbonyl (C=O) groups is 1. The highest BCUT2D eigenvalue weighted by Gasteiger charge is 2.28. The molecular weight excluding hydrogens is 538 g/mol. The van der Waals surface area contributed by atoms with Crippen molar-refractivity contribution in [3.05, 3.63) is 72.6 Å². The van der Waals surface area contributed by atoms with Gasteiger partial charge in [-0.05, 0) is 41.3 Å². The lowest BCUT2D eigenvalue weighted by Crippen LogP contribution is -2.23. The van der Waals surface area contributed by atoms with Gasteiger partial charge in [0.25, 0.3) is 5.88 Å². The van der Waals surface area contributed by atoms with Crippen LogP contribution in [0, 0.1) is 0 Å². The van der Waals surface area contributed by atoms with Crippen LogP contribution < -0.4 is 18.5 Å². The highest BCUT2D eigenvalue weighted by Crippen LogP contribution is 2.44. The third kappa shape index (κ3) is 6.50. The van der Waals surface area contributed by atoms with E-state index in [1.807, 2.05) is 20.8 Å². The van der Waals surface area contributed by atoms with E-state index in [4.69, 9.17) is 14.2 Å². The van der Waals surface area contributed by atoms with Gasteiger partial charge in [0.2, 0.25) is 11.6 Å². The zero-order valence-electron chi connectivity index (χ0n) is 22.1. The van der Waals surface area contributed by atoms with Gasteiger partial charge < -0.3 is 23.9 Å². The summed E-state index contributed by atoms with van der Waals surface area (Å²) in [5, 5.41) is 9.30. The lowest BCUT2D eigenvalue weighted by molar-refractivity contribution is -0.139. The molecule has 4 aromatic rings. The van der Waals surface area contributed by atoms with Gasteiger partial charge in [-0.15, -0.1) is 0 Å². The van der Waals surface area contributed by atoms with E-state index in [2.05, 4.69) is 19.9 Å². The van der Waals surface area contributed by atoms with E-state index in [0.29, 0.717) is 5.75 Å². The van der Waals surface area contributed by atoms with Gasteiger partial charge in [0.1, 0.15) is 0 Å². The maximum absolute atomic E-state index is 12.8. The van der Waals surface area contributed by atoms with Crippen LogP contribution in [-0.2, 0) is 21.5 Å². The van der Waals surface area contributed by atoms with E-state index in [1.165, 1.54) is 19.5 Å². The van der Waals surface area contributed by atoms with Gasteiger partial charge in [0.15, 0.2) is 29.7 Å². The van der Waals surface area contributed by atoms with E-state index in [0.717, 1.165) is 9.87 Å². The topological polar surface area (TPSA) is 160 Å². The van der Waals surface area contributed by atoms with Crippen LogP contribution in [0.4, 0.5) is 11.5 Å². The third-order valence-corrected chi connectivity index (χ3v) is 6.19. The fraction of sp³-hybridized carbons (Fsp3) is 0.222. The second-order valence-electron chi connectivity index (χ2n) is 9.32. The third-order valence-electron chi connectivity index (χ3n) is 5.51. The highest BCUT2D eigenvalue weighted by atomic mass is 32.2. The molecule has 0 saturated carbocycles. The second-order valence-corrected chi connectivity index (χ2v) is 10.1. The van der Waals surface area contributed by atoms with Crippen molar-refractivity contribution in [2.24, 2.45) is 0 Å². The minimum Gasteiger partial charge on any atom is -0.755 e. The first kappa shape index (κ1) is 28.4. The molecule has 0 saturated heterocycles. The zero-order chi connectivity index (χ0) is 28.9. The Bertz CT molecular complexity index is 1510. The number of rotatable bonds is 10. The van der Waals surface area contributed by atoms with Crippen molar-refractivity contribution < 1.29 is 32.9 Å². The van der Waals surface area contributed by atoms with Crippen molar-refractivity contribution >= 4 is 28.7 Å². The summed E-state index contributed by atoms with van der Waals surface area (Å²) in [6, 6.07) is 15.1. The van der Waals surface area contributed by atoms with Crippen LogP contribution >= 0.6 is 0 Å². The number of carboxylic acid groups (broad SMARTS) is 1. The summed E-state index contributed by atoms with van der Waals surface area (Å²) >= 11 is -2.93. The first-order valence-corrected chi connectivity index (χ1v) is 13.0. The minimum absolute atomic E-state index is 0.0486. The number of carboxylic acids is 1. The number of methoxy groups -OCH3 is 1. The van der Waals surface area contributed by atoms with Crippen LogP contribution in [0.15, 0.2) is 67.0 Å². The van der Waals surface area contributed by atoms with Crippen LogP contribution in [0.1, 0.15) is 26.3 Å². The van der Waals surface area contributed by atoms with Crippen molar-refractivity contribution in [3.63, 3.8) is 0 Å². The molecule has 13 heteroatoms. The summed E-state index contributed by atoms with van der Waals surface area (Å²) in [6.07, 6.45) is 2.91. The molecule has 0 radical (unpaired) electrons. The minimum atomic E-state index is -2.93. The second kappa shape index (κ2) is 12.1. The maximum Gasteiger partial charge on any atom is 0.341 e. The largest absolute Gasteiger partial charge is 0.755 e. The maximum atomic E-state index is 12.8. The molecule has 2 aromatic carbocycles. The predicted octanol–water partition coefficient (Wildman–Crippen LogP) is 4.43. The fourth-order valence-electron chi connectivity index (χ4n) is 3.58. The number of anilines is 2. The lowest BCUT2D eigenvalue weighted by atomic mass is 9.87. The van der Waals surface area contributed by atoms with Crippen molar-refractivity contribution in [3.8, 4) is 34.8 Å². The number of nitrogens with zero attached hydrogens (tertiary/aromatic N) is 5. The summed E-state index contributed by atoms with van der Waals surface area (Å²) in [7, 11) is 1.44. The molecule has 2 heterocycles. The summed E-state index contributed by atoms with van der Waals surface area (Å²) in [6.45, 7) is 5.31. The molecule has 40 heavy (non-hydrogen) atoms. The molecule has 0 spiro atoms. The van der Waals surface area contributed by atoms with Gasteiger partial charge in [-0.1, -0.05) is 45.0 Å². The van der Waals surface area contributed by atoms with E-state index in [9.17, 15) is 18.7 Å². The van der Waals surface area contributed by atoms with Gasteiger partial charge in [-0.2, -0.15) is 4.98 Å². The summed E-state index contributed by atoms with van der Waals surface area (Å²) in [5.41, 5.74) is 1.03. The molecule has 0 bridgehead atoms. The molecule has 0 amide bonds. The number of aliphatic carboxylic acids is 1. The first-order chi connectivity index (χ1) is 19.1. The molecule has 0 fully saturated rings. The van der Waals surface area contributed by atoms with Gasteiger partial charge >= 0.3 is 5.97 Å². The smallest absolute Gasteiger partial charge is 0.341 e. The molecular formula is C27H26N5O7S-. The predicted molar refractivity (Wildman–Crippen MR) is 145 cm³/mol. The van der Waals surface area contributed by atoms with Crippen LogP contribution in [-0.4, -0.2) is 53.5 Å². The van der Waals surface area contributed by atoms with Gasteiger partial charge in [-0.3, -0.25) is 8.51 Å². The Hall–Kier alpha value is -4.62. The Morgan fingerprint density at radius 1 is 0.975 bits per heavy atom. The molecule has 4 rings (SSSR count). The Kier molecular flexibility index (Phi) is 8.55. The van der Waals surface area contributed by atoms with Crippen LogP contribution in [0.3, 0.4) is 0 Å². The standard InChI is InChI=1S/C27H27N5O7S/c1-27(2,3)17-10-12-18(13-11-17)32(40(35)36)25-22(39-20-9-6-5-8-19(20)37-4)26(38-16-21(33)34)31-24(30-25)23-28-14-7-15-29-23/h5-15H,16H2,1-4H3,(H,33,34)(H,35,36)/p-1. The van der Waals surface area contributed by atoms with Crippen molar-refractivity contribution in [1.29, 1.82) is 0 Å². The molecule has 208 valence electrons. The SMILES string of the molecule is COc1ccccc1Oc1c(OCC(=O)O)nc(-c2ncccn2)nc1N(c1ccc(C(C)(C)C)cc1)S(=O)[O-]. The van der Waals surface area contributed by atoms with Crippen molar-refractivity contribution in [2.45, 2.75) is 26.2 Å². The number of ether oxygens (including phenoxy) is 3. The average molecular weight is 565 g/mol. The Labute approximate surface area is 233 Å². The van der Waals surface area contributed by atoms with E-state index >= 15 is 0 Å². The van der Waals surface area contributed by atoms with E-state index in [1.54, 1.807) is 54.6 Å². The fourth-order valence-corrected chi connectivity index (χ4v) is 4.14. The van der Waals surface area contributed by atoms with Gasteiger partial charge in [-0.25, -0.2) is 19.7 Å². The van der Waals surface area contributed by atoms with Crippen molar-refractivity contribution in [1.82, 2.24) is 19.9 Å². The summed E-state index contributed by atoms with van der Waals surface area (Å²) < 4.78 is 43.3. The molecule has 0 aliphatic heterocycles. The summed E-state index contributed by atoms with van der Waals surface area (Å²) in [5.74, 6) is -1.74. The monoisotopic (exact) mass is 564 g/mol. The Morgan fingerprint density at radius 3 is 2.20 bits per heavy atom. The van der Waals surface area contributed by atoms with E-state index in [-0.39, 0.29) is 45.9 Å². The van der Waals surface area contributed by atoms with Gasteiger partial charge in [0.05, 0.1) is 24.1 Å².